The zero-order chi connectivity index (χ0) is 18.7. The molecule has 2 rings (SSSR count). The Balaban J connectivity index is 2.08. The van der Waals surface area contributed by atoms with Crippen LogP contribution in [0.1, 0.15) is 44.6 Å². The lowest BCUT2D eigenvalue weighted by Gasteiger charge is -2.32. The normalized spacial score (nSPS) is 18.2. The first-order valence-corrected chi connectivity index (χ1v) is 9.19. The first kappa shape index (κ1) is 19.9. The van der Waals surface area contributed by atoms with Crippen LogP contribution in [-0.2, 0) is 11.0 Å². The van der Waals surface area contributed by atoms with E-state index in [4.69, 9.17) is 11.6 Å². The molecule has 1 amide bonds. The molecule has 0 aromatic heterocycles. The number of nitrogens with one attached hydrogen (secondary N) is 1. The van der Waals surface area contributed by atoms with Crippen LogP contribution in [-0.4, -0.2) is 16.7 Å². The molecule has 1 atom stereocenters. The lowest BCUT2D eigenvalue weighted by Crippen LogP contribution is -2.50. The first-order chi connectivity index (χ1) is 11.7. The van der Waals surface area contributed by atoms with Gasteiger partial charge in [-0.1, -0.05) is 30.9 Å². The van der Waals surface area contributed by atoms with Crippen LogP contribution in [0.5, 0.6) is 0 Å². The summed E-state index contributed by atoms with van der Waals surface area (Å²) in [7, 11) is 0. The summed E-state index contributed by atoms with van der Waals surface area (Å²) in [6.07, 6.45) is -0.554. The number of carbonyl (C=O) groups excluding carboxylic acids is 1. The van der Waals surface area contributed by atoms with Gasteiger partial charge in [0.15, 0.2) is 0 Å². The molecule has 8 heteroatoms. The molecule has 1 aliphatic rings. The highest BCUT2D eigenvalue weighted by Crippen LogP contribution is 2.38. The van der Waals surface area contributed by atoms with Crippen LogP contribution in [0.3, 0.4) is 0 Å². The minimum Gasteiger partial charge on any atom is -0.337 e. The maximum atomic E-state index is 12.9. The van der Waals surface area contributed by atoms with Gasteiger partial charge in [-0.25, -0.2) is 0 Å². The molecule has 1 aliphatic carbocycles. The Labute approximate surface area is 153 Å². The predicted molar refractivity (Wildman–Crippen MR) is 91.3 cm³/mol. The van der Waals surface area contributed by atoms with Gasteiger partial charge in [-0.15, -0.1) is 11.8 Å². The highest BCUT2D eigenvalue weighted by atomic mass is 35.5. The van der Waals surface area contributed by atoms with E-state index in [0.717, 1.165) is 37.1 Å². The maximum absolute atomic E-state index is 12.9. The summed E-state index contributed by atoms with van der Waals surface area (Å²) in [6.45, 7) is 1.61. The number of hydrogen-bond donors (Lipinski definition) is 1. The van der Waals surface area contributed by atoms with E-state index in [9.17, 15) is 23.2 Å². The topological polar surface area (TPSA) is 52.9 Å². The molecule has 3 nitrogen and oxygen atoms in total. The average Bonchev–Trinajstić information content (AvgIpc) is 2.56. The van der Waals surface area contributed by atoms with Crippen LogP contribution in [0.25, 0.3) is 0 Å². The minimum absolute atomic E-state index is 0.300. The van der Waals surface area contributed by atoms with E-state index in [-0.39, 0.29) is 10.9 Å². The van der Waals surface area contributed by atoms with Crippen molar-refractivity contribution in [3.8, 4) is 6.07 Å². The number of amides is 1. The third-order valence-electron chi connectivity index (χ3n) is 4.21. The maximum Gasteiger partial charge on any atom is 0.417 e. The van der Waals surface area contributed by atoms with Gasteiger partial charge in [-0.05, 0) is 38.0 Å². The van der Waals surface area contributed by atoms with Crippen molar-refractivity contribution < 1.29 is 18.0 Å². The Hall–Kier alpha value is -1.39. The lowest BCUT2D eigenvalue weighted by molar-refractivity contribution is -0.137. The molecule has 1 aromatic carbocycles. The van der Waals surface area contributed by atoms with Gasteiger partial charge < -0.3 is 5.32 Å². The fourth-order valence-electron chi connectivity index (χ4n) is 2.81. The molecule has 0 aliphatic heterocycles. The monoisotopic (exact) mass is 390 g/mol. The molecule has 1 fully saturated rings. The molecule has 1 unspecified atom stereocenters. The Kier molecular flexibility index (Phi) is 6.28. The second-order valence-electron chi connectivity index (χ2n) is 6.14. The van der Waals surface area contributed by atoms with Crippen LogP contribution in [0.2, 0.25) is 5.02 Å². The average molecular weight is 391 g/mol. The van der Waals surface area contributed by atoms with Crippen LogP contribution < -0.4 is 5.32 Å². The van der Waals surface area contributed by atoms with Crippen LogP contribution in [0, 0.1) is 11.3 Å². The summed E-state index contributed by atoms with van der Waals surface area (Å²) in [6, 6.07) is 5.76. The van der Waals surface area contributed by atoms with E-state index in [1.54, 1.807) is 6.92 Å². The third kappa shape index (κ3) is 5.05. The van der Waals surface area contributed by atoms with Gasteiger partial charge in [-0.3, -0.25) is 4.79 Å². The number of nitrogens with zero attached hydrogens (tertiary/aromatic N) is 1. The van der Waals surface area contributed by atoms with E-state index in [0.29, 0.717) is 17.7 Å². The molecule has 0 bridgehead atoms. The van der Waals surface area contributed by atoms with Gasteiger partial charge in [0.1, 0.15) is 5.54 Å². The van der Waals surface area contributed by atoms with Crippen molar-refractivity contribution >= 4 is 29.3 Å². The molecular formula is C17H18ClF3N2OS. The highest BCUT2D eigenvalue weighted by Gasteiger charge is 2.36. The van der Waals surface area contributed by atoms with Crippen molar-refractivity contribution in [2.45, 2.75) is 60.9 Å². The van der Waals surface area contributed by atoms with Gasteiger partial charge >= 0.3 is 6.18 Å². The molecule has 1 aromatic rings. The summed E-state index contributed by atoms with van der Waals surface area (Å²) < 4.78 is 38.8. The number of thioether (sulfide) groups is 1. The lowest BCUT2D eigenvalue weighted by atomic mass is 9.83. The number of hydrogen-bond acceptors (Lipinski definition) is 3. The molecule has 25 heavy (non-hydrogen) atoms. The second-order valence-corrected chi connectivity index (χ2v) is 7.96. The van der Waals surface area contributed by atoms with Gasteiger partial charge in [0, 0.05) is 4.90 Å². The molecule has 1 saturated carbocycles. The zero-order valence-electron chi connectivity index (χ0n) is 13.6. The summed E-state index contributed by atoms with van der Waals surface area (Å²) in [4.78, 5) is 12.7. The summed E-state index contributed by atoms with van der Waals surface area (Å²) in [5.74, 6) is -0.350. The van der Waals surface area contributed by atoms with Crippen LogP contribution in [0.15, 0.2) is 23.1 Å². The Morgan fingerprint density at radius 3 is 2.56 bits per heavy atom. The smallest absolute Gasteiger partial charge is 0.337 e. The minimum atomic E-state index is -4.55. The Bertz CT molecular complexity index is 681. The molecule has 136 valence electrons. The van der Waals surface area contributed by atoms with Crippen LogP contribution >= 0.6 is 23.4 Å². The number of halogens is 4. The number of alkyl halides is 3. The van der Waals surface area contributed by atoms with Crippen molar-refractivity contribution in [3.05, 3.63) is 28.8 Å². The van der Waals surface area contributed by atoms with Crippen molar-refractivity contribution in [3.63, 3.8) is 0 Å². The standard InChI is InChI=1S/C17H18ClF3N2OS/c1-11(15(24)23-16(10-22)7-3-2-4-8-16)25-12-5-6-14(18)13(9-12)17(19,20)21/h5-6,9,11H,2-4,7-8H2,1H3,(H,23,24). The number of nitriles is 1. The van der Waals surface area contributed by atoms with E-state index in [1.807, 2.05) is 0 Å². The molecule has 0 spiro atoms. The molecule has 1 N–H and O–H groups in total. The second kappa shape index (κ2) is 7.88. The number of rotatable bonds is 4. The molecule has 0 saturated heterocycles. The van der Waals surface area contributed by atoms with E-state index in [1.165, 1.54) is 12.1 Å². The fourth-order valence-corrected chi connectivity index (χ4v) is 3.94. The molecule has 0 radical (unpaired) electrons. The number of benzene rings is 1. The van der Waals surface area contributed by atoms with Gasteiger partial charge in [0.05, 0.1) is 21.9 Å². The SMILES string of the molecule is CC(Sc1ccc(Cl)c(C(F)(F)F)c1)C(=O)NC1(C#N)CCCCC1. The van der Waals surface area contributed by atoms with Crippen molar-refractivity contribution in [2.24, 2.45) is 0 Å². The Morgan fingerprint density at radius 2 is 2.00 bits per heavy atom. The van der Waals surface area contributed by atoms with Gasteiger partial charge in [0.2, 0.25) is 5.91 Å². The number of carbonyl (C=O) groups is 1. The fraction of sp³-hybridized carbons (Fsp3) is 0.529. The molecule has 0 heterocycles. The van der Waals surface area contributed by atoms with Gasteiger partial charge in [0.25, 0.3) is 0 Å². The summed E-state index contributed by atoms with van der Waals surface area (Å²) in [5, 5.41) is 11.2. The van der Waals surface area contributed by atoms with E-state index >= 15 is 0 Å². The zero-order valence-corrected chi connectivity index (χ0v) is 15.2. The highest BCUT2D eigenvalue weighted by molar-refractivity contribution is 8.00. The van der Waals surface area contributed by atoms with Crippen molar-refractivity contribution in [2.75, 3.05) is 0 Å². The quantitative estimate of drug-likeness (QED) is 0.720. The van der Waals surface area contributed by atoms with Crippen molar-refractivity contribution in [1.82, 2.24) is 5.32 Å². The summed E-state index contributed by atoms with van der Waals surface area (Å²) >= 11 is 6.61. The van der Waals surface area contributed by atoms with Crippen molar-refractivity contribution in [1.29, 1.82) is 5.26 Å². The molecular weight excluding hydrogens is 373 g/mol. The first-order valence-electron chi connectivity index (χ1n) is 7.93. The largest absolute Gasteiger partial charge is 0.417 e. The van der Waals surface area contributed by atoms with Gasteiger partial charge in [-0.2, -0.15) is 18.4 Å². The Morgan fingerprint density at radius 1 is 1.36 bits per heavy atom. The third-order valence-corrected chi connectivity index (χ3v) is 5.63. The van der Waals surface area contributed by atoms with E-state index in [2.05, 4.69) is 11.4 Å². The van der Waals surface area contributed by atoms with Crippen LogP contribution in [0.4, 0.5) is 13.2 Å². The predicted octanol–water partition coefficient (Wildman–Crippen LogP) is 5.18. The summed E-state index contributed by atoms with van der Waals surface area (Å²) in [5.41, 5.74) is -1.78. The van der Waals surface area contributed by atoms with E-state index < -0.39 is 22.5 Å².